The maximum absolute atomic E-state index is 11.7. The second-order valence-electron chi connectivity index (χ2n) is 6.13. The second-order valence-corrected chi connectivity index (χ2v) is 7.73. The smallest absolute Gasteiger partial charge is 0.346 e. The molecule has 1 aromatic rings. The van der Waals surface area contributed by atoms with E-state index in [9.17, 15) is 22.8 Å². The average Bonchev–Trinajstić information content (AvgIpc) is 2.84. The molecule has 13 heteroatoms. The van der Waals surface area contributed by atoms with Gasteiger partial charge in [0.25, 0.3) is 10.1 Å². The van der Waals surface area contributed by atoms with E-state index in [1.165, 1.54) is 13.1 Å². The van der Waals surface area contributed by atoms with Crippen molar-refractivity contribution in [2.75, 3.05) is 18.2 Å². The van der Waals surface area contributed by atoms with Gasteiger partial charge in [0.2, 0.25) is 0 Å². The Labute approximate surface area is 160 Å². The van der Waals surface area contributed by atoms with Gasteiger partial charge in [0.1, 0.15) is 24.6 Å². The van der Waals surface area contributed by atoms with Crippen LogP contribution in [-0.2, 0) is 38.1 Å². The molecule has 2 N–H and O–H groups in total. The van der Waals surface area contributed by atoms with Crippen molar-refractivity contribution in [2.24, 2.45) is 0 Å². The van der Waals surface area contributed by atoms with E-state index in [0.717, 1.165) is 13.2 Å². The first-order chi connectivity index (χ1) is 13.0. The summed E-state index contributed by atoms with van der Waals surface area (Å²) in [5, 5.41) is 2.83. The monoisotopic (exact) mass is 419 g/mol. The van der Waals surface area contributed by atoms with E-state index in [2.05, 4.69) is 15.3 Å². The number of aryl methyl sites for hydroxylation is 1. The fourth-order valence-electron chi connectivity index (χ4n) is 2.57. The summed E-state index contributed by atoms with van der Waals surface area (Å²) < 4.78 is 44.1. The number of nitrogens with one attached hydrogen (secondary N) is 2. The predicted octanol–water partition coefficient (Wildman–Crippen LogP) is -0.945. The molecular formula is C15H21N3O9S. The van der Waals surface area contributed by atoms with Crippen LogP contribution in [0.25, 0.3) is 0 Å². The minimum Gasteiger partial charge on any atom is -0.463 e. The van der Waals surface area contributed by atoms with E-state index in [1.807, 2.05) is 0 Å². The summed E-state index contributed by atoms with van der Waals surface area (Å²) in [6.45, 7) is 3.62. The van der Waals surface area contributed by atoms with Crippen molar-refractivity contribution in [3.8, 4) is 0 Å². The van der Waals surface area contributed by atoms with Crippen LogP contribution in [0, 0.1) is 6.92 Å². The van der Waals surface area contributed by atoms with Gasteiger partial charge in [0.15, 0.2) is 12.3 Å². The van der Waals surface area contributed by atoms with Crippen molar-refractivity contribution in [1.29, 1.82) is 0 Å². The number of carbonyl (C=O) groups is 2. The van der Waals surface area contributed by atoms with Gasteiger partial charge < -0.3 is 19.5 Å². The first-order valence-electron chi connectivity index (χ1n) is 8.13. The van der Waals surface area contributed by atoms with E-state index in [-0.39, 0.29) is 12.4 Å². The third kappa shape index (κ3) is 6.00. The molecule has 2 heterocycles. The number of rotatable bonds is 7. The molecule has 1 aliphatic heterocycles. The molecule has 0 saturated carbocycles. The third-order valence-corrected chi connectivity index (χ3v) is 4.21. The predicted molar refractivity (Wildman–Crippen MR) is 93.8 cm³/mol. The molecule has 0 bridgehead atoms. The Balaban J connectivity index is 2.35. The van der Waals surface area contributed by atoms with Gasteiger partial charge in [-0.2, -0.15) is 8.42 Å². The number of carbonyl (C=O) groups excluding carboxylic acids is 2. The zero-order chi connectivity index (χ0) is 21.1. The number of nitrogens with zero attached hydrogens (tertiary/aromatic N) is 1. The summed E-state index contributed by atoms with van der Waals surface area (Å²) in [5.41, 5.74) is -0.0793. The van der Waals surface area contributed by atoms with Crippen LogP contribution in [0.1, 0.15) is 19.4 Å². The van der Waals surface area contributed by atoms with Gasteiger partial charge in [-0.15, -0.1) is 0 Å². The second kappa shape index (κ2) is 8.67. The van der Waals surface area contributed by atoms with Crippen LogP contribution in [-0.4, -0.2) is 67.7 Å². The number of hydrogen-bond donors (Lipinski definition) is 2. The molecule has 0 spiro atoms. The van der Waals surface area contributed by atoms with Crippen LogP contribution in [0.2, 0.25) is 0 Å². The van der Waals surface area contributed by atoms with Crippen LogP contribution < -0.4 is 11.0 Å². The number of aromatic nitrogens is 2. The van der Waals surface area contributed by atoms with Crippen molar-refractivity contribution >= 4 is 27.9 Å². The minimum absolute atomic E-state index is 0.230. The highest BCUT2D eigenvalue weighted by Crippen LogP contribution is 2.29. The lowest BCUT2D eigenvalue weighted by Gasteiger charge is -2.23. The summed E-state index contributed by atoms with van der Waals surface area (Å²) >= 11 is 0. The summed E-state index contributed by atoms with van der Waals surface area (Å²) in [7, 11) is -3.97. The van der Waals surface area contributed by atoms with Gasteiger partial charge in [-0.3, -0.25) is 18.8 Å². The highest BCUT2D eigenvalue weighted by Gasteiger charge is 2.50. The molecule has 0 aromatic carbocycles. The third-order valence-electron chi connectivity index (χ3n) is 3.64. The highest BCUT2D eigenvalue weighted by molar-refractivity contribution is 7.86. The molecule has 1 aromatic heterocycles. The zero-order valence-electron chi connectivity index (χ0n) is 15.6. The lowest BCUT2D eigenvalue weighted by Crippen LogP contribution is -2.43. The Morgan fingerprint density at radius 1 is 1.29 bits per heavy atom. The van der Waals surface area contributed by atoms with E-state index in [4.69, 9.17) is 18.4 Å². The highest BCUT2D eigenvalue weighted by atomic mass is 32.2. The quantitative estimate of drug-likeness (QED) is 0.414. The first-order valence-corrected chi connectivity index (χ1v) is 9.94. The van der Waals surface area contributed by atoms with Crippen molar-refractivity contribution in [1.82, 2.24) is 9.97 Å². The van der Waals surface area contributed by atoms with Crippen LogP contribution >= 0.6 is 0 Å². The Kier molecular flexibility index (Phi) is 6.74. The molecule has 4 atom stereocenters. The molecule has 12 nitrogen and oxygen atoms in total. The number of ether oxygens (including phenoxy) is 3. The van der Waals surface area contributed by atoms with Crippen molar-refractivity contribution in [2.45, 2.75) is 45.3 Å². The number of anilines is 1. The lowest BCUT2D eigenvalue weighted by molar-refractivity contribution is -0.151. The van der Waals surface area contributed by atoms with Crippen LogP contribution in [0.3, 0.4) is 0 Å². The molecule has 2 rings (SSSR count). The molecule has 1 aliphatic rings. The fourth-order valence-corrected chi connectivity index (χ4v) is 3.20. The van der Waals surface area contributed by atoms with E-state index in [1.54, 1.807) is 6.92 Å². The minimum atomic E-state index is -3.97. The van der Waals surface area contributed by atoms with Gasteiger partial charge in [-0.1, -0.05) is 0 Å². The fraction of sp³-hybridized carbons (Fsp3) is 0.600. The van der Waals surface area contributed by atoms with Gasteiger partial charge in [0, 0.05) is 25.6 Å². The van der Waals surface area contributed by atoms with Gasteiger partial charge in [-0.05, 0) is 6.92 Å². The molecule has 28 heavy (non-hydrogen) atoms. The topological polar surface area (TPSA) is 163 Å². The Morgan fingerprint density at radius 2 is 1.96 bits per heavy atom. The summed E-state index contributed by atoms with van der Waals surface area (Å²) in [6.07, 6.45) is -2.53. The van der Waals surface area contributed by atoms with Gasteiger partial charge in [-0.25, -0.2) is 9.78 Å². The maximum Gasteiger partial charge on any atom is 0.346 e. The van der Waals surface area contributed by atoms with Crippen molar-refractivity contribution in [3.05, 3.63) is 22.2 Å². The van der Waals surface area contributed by atoms with Crippen molar-refractivity contribution < 1.29 is 36.4 Å². The number of esters is 2. The molecule has 0 amide bonds. The molecule has 1 fully saturated rings. The van der Waals surface area contributed by atoms with Gasteiger partial charge in [0.05, 0.1) is 6.26 Å². The maximum atomic E-state index is 11.7. The largest absolute Gasteiger partial charge is 0.463 e. The Morgan fingerprint density at radius 3 is 2.54 bits per heavy atom. The van der Waals surface area contributed by atoms with Crippen LogP contribution in [0.5, 0.6) is 0 Å². The zero-order valence-corrected chi connectivity index (χ0v) is 16.4. The number of H-pyrrole nitrogens is 1. The number of hydrogen-bond acceptors (Lipinski definition) is 11. The summed E-state index contributed by atoms with van der Waals surface area (Å²) in [4.78, 5) is 40.2. The molecule has 156 valence electrons. The van der Waals surface area contributed by atoms with E-state index < -0.39 is 52.3 Å². The van der Waals surface area contributed by atoms with E-state index >= 15 is 0 Å². The molecular weight excluding hydrogens is 398 g/mol. The summed E-state index contributed by atoms with van der Waals surface area (Å²) in [5.74, 6) is -1.10. The Bertz CT molecular complexity index is 898. The first kappa shape index (κ1) is 21.8. The van der Waals surface area contributed by atoms with Gasteiger partial charge >= 0.3 is 17.6 Å². The SMILES string of the molecule is CC(=O)OC[C@H]1O[C@@H](Nc2[nH]c(=O)ncc2C)[C@H](OC(C)=O)[C@H]1OS(C)(=O)=O. The standard InChI is InChI=1S/C15H21N3O9S/c1-7-5-16-15(21)18-13(7)17-14-12(25-9(3)20)11(27-28(4,22)23)10(26-14)6-24-8(2)19/h5,10-12,14H,6H2,1-4H3,(H2,16,17,18,21)/t10-,11+,12-,14-/m1/s1. The van der Waals surface area contributed by atoms with Crippen LogP contribution in [0.4, 0.5) is 5.82 Å². The summed E-state index contributed by atoms with van der Waals surface area (Å²) in [6, 6.07) is 0. The van der Waals surface area contributed by atoms with E-state index in [0.29, 0.717) is 5.56 Å². The Hall–Kier alpha value is -2.51. The molecule has 0 unspecified atom stereocenters. The van der Waals surface area contributed by atoms with Crippen molar-refractivity contribution in [3.63, 3.8) is 0 Å². The normalized spacial score (nSPS) is 24.6. The lowest BCUT2D eigenvalue weighted by atomic mass is 10.1. The number of aromatic amines is 1. The molecule has 1 saturated heterocycles. The average molecular weight is 419 g/mol. The van der Waals surface area contributed by atoms with Crippen LogP contribution in [0.15, 0.2) is 11.0 Å². The molecule has 0 radical (unpaired) electrons. The molecule has 0 aliphatic carbocycles.